The molecule has 0 radical (unpaired) electrons. The Kier molecular flexibility index (Phi) is 5.02. The predicted molar refractivity (Wildman–Crippen MR) is 64.0 cm³/mol. The Morgan fingerprint density at radius 1 is 1.50 bits per heavy atom. The van der Waals surface area contributed by atoms with E-state index in [0.29, 0.717) is 19.5 Å². The van der Waals surface area contributed by atoms with Crippen LogP contribution in [0.3, 0.4) is 0 Å². The molecule has 1 unspecified atom stereocenters. The predicted octanol–water partition coefficient (Wildman–Crippen LogP) is 1.58. The second-order valence-corrected chi connectivity index (χ2v) is 6.43. The summed E-state index contributed by atoms with van der Waals surface area (Å²) in [6, 6.07) is 1.86. The zero-order chi connectivity index (χ0) is 12.0. The van der Waals surface area contributed by atoms with Gasteiger partial charge in [-0.25, -0.2) is 8.42 Å². The lowest BCUT2D eigenvalue weighted by molar-refractivity contribution is 0.560. The lowest BCUT2D eigenvalue weighted by atomic mass is 10.3. The highest BCUT2D eigenvalue weighted by Crippen LogP contribution is 2.05. The van der Waals surface area contributed by atoms with E-state index in [9.17, 15) is 8.42 Å². The van der Waals surface area contributed by atoms with Gasteiger partial charge in [0.05, 0.1) is 23.5 Å². The van der Waals surface area contributed by atoms with Gasteiger partial charge in [-0.3, -0.25) is 0 Å². The fourth-order valence-corrected chi connectivity index (χ4v) is 2.63. The van der Waals surface area contributed by atoms with Crippen LogP contribution in [-0.4, -0.2) is 26.0 Å². The monoisotopic (exact) mass is 245 g/mol. The molecule has 1 aromatic heterocycles. The van der Waals surface area contributed by atoms with Crippen LogP contribution in [0, 0.1) is 0 Å². The van der Waals surface area contributed by atoms with Gasteiger partial charge in [-0.05, 0) is 19.4 Å². The summed E-state index contributed by atoms with van der Waals surface area (Å²) in [4.78, 5) is 0. The number of hydrogen-bond acceptors (Lipinski definition) is 4. The van der Waals surface area contributed by atoms with Gasteiger partial charge in [0.15, 0.2) is 9.84 Å². The van der Waals surface area contributed by atoms with Crippen LogP contribution in [0.15, 0.2) is 23.0 Å². The van der Waals surface area contributed by atoms with E-state index in [2.05, 4.69) is 5.32 Å². The van der Waals surface area contributed by atoms with Crippen LogP contribution >= 0.6 is 0 Å². The third kappa shape index (κ3) is 3.98. The summed E-state index contributed by atoms with van der Waals surface area (Å²) in [5, 5.41) is 2.84. The molecule has 0 fully saturated rings. The van der Waals surface area contributed by atoms with E-state index >= 15 is 0 Å². The molecule has 5 heteroatoms. The van der Waals surface area contributed by atoms with Crippen LogP contribution in [0.25, 0.3) is 0 Å². The second kappa shape index (κ2) is 6.06. The Hall–Kier alpha value is -0.810. The van der Waals surface area contributed by atoms with E-state index in [1.807, 2.05) is 13.0 Å². The molecule has 1 heterocycles. The number of nitrogens with one attached hydrogen (secondary N) is 1. The minimum atomic E-state index is -2.94. The molecule has 4 nitrogen and oxygen atoms in total. The van der Waals surface area contributed by atoms with Crippen molar-refractivity contribution < 1.29 is 12.8 Å². The fraction of sp³-hybridized carbons (Fsp3) is 0.636. The third-order valence-corrected chi connectivity index (χ3v) is 4.99. The van der Waals surface area contributed by atoms with Crippen LogP contribution in [0.4, 0.5) is 0 Å². The fourth-order valence-electron chi connectivity index (χ4n) is 1.30. The molecule has 0 aliphatic carbocycles. The molecule has 16 heavy (non-hydrogen) atoms. The standard InChI is InChI=1S/C11H19NO3S/c1-3-10(2)16(13,14)7-5-12-8-11-4-6-15-9-11/h4,6,9-10,12H,3,5,7-8H2,1-2H3. The highest BCUT2D eigenvalue weighted by Gasteiger charge is 2.17. The number of hydrogen-bond donors (Lipinski definition) is 1. The first-order chi connectivity index (χ1) is 7.56. The molecule has 1 aromatic rings. The van der Waals surface area contributed by atoms with E-state index in [-0.39, 0.29) is 11.0 Å². The molecular weight excluding hydrogens is 226 g/mol. The van der Waals surface area contributed by atoms with Crippen molar-refractivity contribution in [3.05, 3.63) is 24.2 Å². The van der Waals surface area contributed by atoms with E-state index in [0.717, 1.165) is 5.56 Å². The van der Waals surface area contributed by atoms with Crippen LogP contribution in [0.2, 0.25) is 0 Å². The number of furan rings is 1. The molecule has 1 N–H and O–H groups in total. The molecule has 0 aliphatic heterocycles. The van der Waals surface area contributed by atoms with E-state index < -0.39 is 9.84 Å². The van der Waals surface area contributed by atoms with Gasteiger partial charge in [0, 0.05) is 18.7 Å². The number of sulfone groups is 1. The van der Waals surface area contributed by atoms with E-state index in [1.165, 1.54) is 0 Å². The molecular formula is C11H19NO3S. The molecule has 0 spiro atoms. The average molecular weight is 245 g/mol. The summed E-state index contributed by atoms with van der Waals surface area (Å²) in [5.74, 6) is 0.194. The summed E-state index contributed by atoms with van der Waals surface area (Å²) >= 11 is 0. The van der Waals surface area contributed by atoms with Gasteiger partial charge in [0.25, 0.3) is 0 Å². The van der Waals surface area contributed by atoms with Crippen molar-refractivity contribution in [3.63, 3.8) is 0 Å². The highest BCUT2D eigenvalue weighted by molar-refractivity contribution is 7.92. The van der Waals surface area contributed by atoms with Gasteiger partial charge in [-0.15, -0.1) is 0 Å². The van der Waals surface area contributed by atoms with Crippen LogP contribution in [-0.2, 0) is 16.4 Å². The van der Waals surface area contributed by atoms with Crippen LogP contribution in [0.5, 0.6) is 0 Å². The minimum Gasteiger partial charge on any atom is -0.472 e. The second-order valence-electron chi connectivity index (χ2n) is 3.89. The van der Waals surface area contributed by atoms with Crippen molar-refractivity contribution in [2.45, 2.75) is 32.1 Å². The molecule has 0 bridgehead atoms. The minimum absolute atomic E-state index is 0.194. The molecule has 92 valence electrons. The first-order valence-corrected chi connectivity index (χ1v) is 7.21. The molecule has 0 saturated carbocycles. The Morgan fingerprint density at radius 2 is 2.25 bits per heavy atom. The van der Waals surface area contributed by atoms with E-state index in [4.69, 9.17) is 4.42 Å². The lowest BCUT2D eigenvalue weighted by Gasteiger charge is -2.10. The quantitative estimate of drug-likeness (QED) is 0.741. The lowest BCUT2D eigenvalue weighted by Crippen LogP contribution is -2.28. The Bertz CT molecular complexity index is 383. The first kappa shape index (κ1) is 13.3. The maximum absolute atomic E-state index is 11.7. The summed E-state index contributed by atoms with van der Waals surface area (Å²) in [6.45, 7) is 4.77. The molecule has 0 aromatic carbocycles. The highest BCUT2D eigenvalue weighted by atomic mass is 32.2. The van der Waals surface area contributed by atoms with E-state index in [1.54, 1.807) is 19.5 Å². The van der Waals surface area contributed by atoms with Gasteiger partial charge in [0.1, 0.15) is 0 Å². The van der Waals surface area contributed by atoms with Crippen LogP contribution < -0.4 is 5.32 Å². The Morgan fingerprint density at radius 3 is 2.81 bits per heavy atom. The SMILES string of the molecule is CCC(C)S(=O)(=O)CCNCc1ccoc1. The Balaban J connectivity index is 2.25. The van der Waals surface area contributed by atoms with Crippen LogP contribution in [0.1, 0.15) is 25.8 Å². The summed E-state index contributed by atoms with van der Waals surface area (Å²) in [7, 11) is -2.94. The van der Waals surface area contributed by atoms with Crippen molar-refractivity contribution in [1.82, 2.24) is 5.32 Å². The molecule has 1 atom stereocenters. The largest absolute Gasteiger partial charge is 0.472 e. The van der Waals surface area contributed by atoms with Crippen molar-refractivity contribution in [1.29, 1.82) is 0 Å². The maximum atomic E-state index is 11.7. The Labute approximate surface area is 97.0 Å². The van der Waals surface area contributed by atoms with Crippen molar-refractivity contribution in [2.24, 2.45) is 0 Å². The topological polar surface area (TPSA) is 59.3 Å². The van der Waals surface area contributed by atoms with Crippen molar-refractivity contribution >= 4 is 9.84 Å². The zero-order valence-electron chi connectivity index (χ0n) is 9.77. The summed E-state index contributed by atoms with van der Waals surface area (Å²) in [6.07, 6.45) is 3.92. The van der Waals surface area contributed by atoms with Gasteiger partial charge >= 0.3 is 0 Å². The normalized spacial score (nSPS) is 13.9. The molecule has 0 amide bonds. The number of rotatable bonds is 7. The van der Waals surface area contributed by atoms with Crippen molar-refractivity contribution in [2.75, 3.05) is 12.3 Å². The smallest absolute Gasteiger partial charge is 0.154 e. The summed E-state index contributed by atoms with van der Waals surface area (Å²) in [5.41, 5.74) is 1.03. The molecule has 0 aliphatic rings. The van der Waals surface area contributed by atoms with Gasteiger partial charge < -0.3 is 9.73 Å². The zero-order valence-corrected chi connectivity index (χ0v) is 10.6. The van der Waals surface area contributed by atoms with Crippen molar-refractivity contribution in [3.8, 4) is 0 Å². The van der Waals surface area contributed by atoms with Gasteiger partial charge in [-0.2, -0.15) is 0 Å². The van der Waals surface area contributed by atoms with Gasteiger partial charge in [0.2, 0.25) is 0 Å². The molecule has 1 rings (SSSR count). The van der Waals surface area contributed by atoms with Gasteiger partial charge in [-0.1, -0.05) is 6.92 Å². The average Bonchev–Trinajstić information content (AvgIpc) is 2.76. The third-order valence-electron chi connectivity index (χ3n) is 2.66. The first-order valence-electron chi connectivity index (χ1n) is 5.49. The maximum Gasteiger partial charge on any atom is 0.154 e. The molecule has 0 saturated heterocycles. The summed E-state index contributed by atoms with van der Waals surface area (Å²) < 4.78 is 28.2.